The number of halogens is 2. The van der Waals surface area contributed by atoms with Crippen molar-refractivity contribution in [1.82, 2.24) is 0 Å². The Morgan fingerprint density at radius 3 is 1.79 bits per heavy atom. The number of ether oxygens (including phenoxy) is 2. The average Bonchev–Trinajstić information content (AvgIpc) is 2.74. The molecular weight excluding hydrogens is 370 g/mol. The summed E-state index contributed by atoms with van der Waals surface area (Å²) in [6, 6.07) is 0. The van der Waals surface area contributed by atoms with Crippen LogP contribution >= 0.6 is 0 Å². The van der Waals surface area contributed by atoms with Crippen LogP contribution in [0.2, 0.25) is 0 Å². The summed E-state index contributed by atoms with van der Waals surface area (Å²) in [6.07, 6.45) is 16.6. The molecule has 0 atom stereocenters. The number of unbranched alkanes of at least 4 members (excludes halogenated alkanes) is 4. The van der Waals surface area contributed by atoms with Crippen molar-refractivity contribution in [2.45, 2.75) is 103 Å². The van der Waals surface area contributed by atoms with Gasteiger partial charge >= 0.3 is 0 Å². The fourth-order valence-electron chi connectivity index (χ4n) is 5.96. The highest BCUT2D eigenvalue weighted by atomic mass is 19.3. The van der Waals surface area contributed by atoms with E-state index in [1.54, 1.807) is 0 Å². The Morgan fingerprint density at radius 1 is 0.724 bits per heavy atom. The Balaban J connectivity index is 1.29. The van der Waals surface area contributed by atoms with E-state index in [1.807, 2.05) is 0 Å². The van der Waals surface area contributed by atoms with Gasteiger partial charge in [0.1, 0.15) is 0 Å². The Bertz CT molecular complexity index is 467. The lowest BCUT2D eigenvalue weighted by Crippen LogP contribution is -2.38. The molecule has 2 aliphatic carbocycles. The number of allylic oxidation sites excluding steroid dienone is 1. The van der Waals surface area contributed by atoms with E-state index in [-0.39, 0.29) is 12.2 Å². The van der Waals surface area contributed by atoms with E-state index in [4.69, 9.17) is 9.47 Å². The fourth-order valence-corrected chi connectivity index (χ4v) is 5.96. The van der Waals surface area contributed by atoms with Gasteiger partial charge in [-0.1, -0.05) is 32.6 Å². The van der Waals surface area contributed by atoms with Gasteiger partial charge in [-0.3, -0.25) is 0 Å². The van der Waals surface area contributed by atoms with Crippen molar-refractivity contribution < 1.29 is 18.3 Å². The SMILES string of the molecule is CCCCCCCC1OCC(C2CCC(C3CCC(C=C(F)F)CC3)CC2)CO1. The van der Waals surface area contributed by atoms with Crippen molar-refractivity contribution in [3.8, 4) is 0 Å². The normalized spacial score (nSPS) is 36.0. The maximum atomic E-state index is 12.5. The third kappa shape index (κ3) is 7.61. The van der Waals surface area contributed by atoms with E-state index < -0.39 is 6.08 Å². The highest BCUT2D eigenvalue weighted by Gasteiger charge is 2.35. The molecule has 2 saturated carbocycles. The van der Waals surface area contributed by atoms with Gasteiger partial charge in [0, 0.05) is 5.92 Å². The van der Waals surface area contributed by atoms with E-state index in [0.717, 1.165) is 63.1 Å². The van der Waals surface area contributed by atoms with Crippen LogP contribution in [-0.4, -0.2) is 19.5 Å². The van der Waals surface area contributed by atoms with Crippen molar-refractivity contribution >= 4 is 0 Å². The van der Waals surface area contributed by atoms with Crippen LogP contribution in [0.4, 0.5) is 8.78 Å². The highest BCUT2D eigenvalue weighted by Crippen LogP contribution is 2.43. The Morgan fingerprint density at radius 2 is 1.24 bits per heavy atom. The van der Waals surface area contributed by atoms with E-state index in [0.29, 0.717) is 5.92 Å². The Labute approximate surface area is 176 Å². The van der Waals surface area contributed by atoms with Crippen LogP contribution in [0.15, 0.2) is 12.2 Å². The molecule has 0 aromatic heterocycles. The molecule has 1 aliphatic heterocycles. The Hall–Kier alpha value is -0.480. The van der Waals surface area contributed by atoms with Crippen LogP contribution in [0, 0.1) is 29.6 Å². The van der Waals surface area contributed by atoms with Crippen molar-refractivity contribution in [3.05, 3.63) is 12.2 Å². The number of rotatable bonds is 9. The van der Waals surface area contributed by atoms with Gasteiger partial charge in [-0.15, -0.1) is 0 Å². The molecule has 4 heteroatoms. The molecule has 0 aromatic rings. The van der Waals surface area contributed by atoms with Crippen LogP contribution in [0.25, 0.3) is 0 Å². The second kappa shape index (κ2) is 12.4. The number of hydrogen-bond acceptors (Lipinski definition) is 2. The van der Waals surface area contributed by atoms with Gasteiger partial charge < -0.3 is 9.47 Å². The minimum Gasteiger partial charge on any atom is -0.352 e. The first-order valence-electron chi connectivity index (χ1n) is 12.4. The summed E-state index contributed by atoms with van der Waals surface area (Å²) in [7, 11) is 0. The molecule has 3 aliphatic rings. The first-order valence-corrected chi connectivity index (χ1v) is 12.4. The number of hydrogen-bond donors (Lipinski definition) is 0. The monoisotopic (exact) mass is 412 g/mol. The summed E-state index contributed by atoms with van der Waals surface area (Å²) < 4.78 is 37.0. The van der Waals surface area contributed by atoms with Crippen LogP contribution in [-0.2, 0) is 9.47 Å². The smallest absolute Gasteiger partial charge is 0.266 e. The molecule has 168 valence electrons. The quantitative estimate of drug-likeness (QED) is 0.361. The zero-order valence-corrected chi connectivity index (χ0v) is 18.4. The van der Waals surface area contributed by atoms with Gasteiger partial charge in [-0.2, -0.15) is 8.78 Å². The molecule has 0 radical (unpaired) electrons. The third-order valence-corrected chi connectivity index (χ3v) is 7.86. The Kier molecular flexibility index (Phi) is 9.91. The molecule has 0 N–H and O–H groups in total. The molecule has 1 saturated heterocycles. The highest BCUT2D eigenvalue weighted by molar-refractivity contribution is 4.92. The van der Waals surface area contributed by atoms with E-state index in [1.165, 1.54) is 63.9 Å². The van der Waals surface area contributed by atoms with Crippen molar-refractivity contribution in [2.24, 2.45) is 29.6 Å². The summed E-state index contributed by atoms with van der Waals surface area (Å²) in [6.45, 7) is 4.00. The zero-order valence-electron chi connectivity index (χ0n) is 18.4. The minimum atomic E-state index is -1.50. The van der Waals surface area contributed by atoms with E-state index in [2.05, 4.69) is 6.92 Å². The van der Waals surface area contributed by atoms with Crippen LogP contribution < -0.4 is 0 Å². The molecule has 0 unspecified atom stereocenters. The lowest BCUT2D eigenvalue weighted by molar-refractivity contribution is -0.213. The molecule has 29 heavy (non-hydrogen) atoms. The largest absolute Gasteiger partial charge is 0.352 e. The van der Waals surface area contributed by atoms with Gasteiger partial charge in [0.05, 0.1) is 13.2 Å². The molecule has 0 amide bonds. The van der Waals surface area contributed by atoms with E-state index >= 15 is 0 Å². The third-order valence-electron chi connectivity index (χ3n) is 7.86. The summed E-state index contributed by atoms with van der Waals surface area (Å²) in [5.74, 6) is 3.01. The molecular formula is C25H42F2O2. The summed E-state index contributed by atoms with van der Waals surface area (Å²) in [4.78, 5) is 0. The minimum absolute atomic E-state index is 0.0302. The van der Waals surface area contributed by atoms with Crippen molar-refractivity contribution in [2.75, 3.05) is 13.2 Å². The fraction of sp³-hybridized carbons (Fsp3) is 0.920. The molecule has 3 fully saturated rings. The second-order valence-corrected chi connectivity index (χ2v) is 9.87. The molecule has 0 aromatic carbocycles. The molecule has 0 bridgehead atoms. The topological polar surface area (TPSA) is 18.5 Å². The maximum Gasteiger partial charge on any atom is 0.266 e. The molecule has 2 nitrogen and oxygen atoms in total. The average molecular weight is 413 g/mol. The first kappa shape index (κ1) is 23.2. The standard InChI is InChI=1S/C25H42F2O2/c1-2-3-4-5-6-7-25-28-17-23(18-29-25)22-14-12-21(13-15-22)20-10-8-19(9-11-20)16-24(26)27/h16,19-23,25H,2-15,17-18H2,1H3. The van der Waals surface area contributed by atoms with Gasteiger partial charge in [-0.25, -0.2) is 0 Å². The van der Waals surface area contributed by atoms with Crippen molar-refractivity contribution in [3.63, 3.8) is 0 Å². The molecule has 0 spiro atoms. The molecule has 3 rings (SSSR count). The van der Waals surface area contributed by atoms with Gasteiger partial charge in [0.25, 0.3) is 6.08 Å². The lowest BCUT2D eigenvalue weighted by Gasteiger charge is -2.41. The zero-order chi connectivity index (χ0) is 20.5. The van der Waals surface area contributed by atoms with Crippen LogP contribution in [0.3, 0.4) is 0 Å². The summed E-state index contributed by atoms with van der Waals surface area (Å²) >= 11 is 0. The maximum absolute atomic E-state index is 12.5. The lowest BCUT2D eigenvalue weighted by atomic mass is 9.67. The van der Waals surface area contributed by atoms with Gasteiger partial charge in [0.2, 0.25) is 0 Å². The van der Waals surface area contributed by atoms with E-state index in [9.17, 15) is 8.78 Å². The van der Waals surface area contributed by atoms with Crippen molar-refractivity contribution in [1.29, 1.82) is 0 Å². The summed E-state index contributed by atoms with van der Waals surface area (Å²) in [5.41, 5.74) is 0. The van der Waals surface area contributed by atoms with Gasteiger partial charge in [0.15, 0.2) is 6.29 Å². The first-order chi connectivity index (χ1) is 14.2. The van der Waals surface area contributed by atoms with Crippen LogP contribution in [0.5, 0.6) is 0 Å². The predicted molar refractivity (Wildman–Crippen MR) is 114 cm³/mol. The summed E-state index contributed by atoms with van der Waals surface area (Å²) in [5, 5.41) is 0. The van der Waals surface area contributed by atoms with Gasteiger partial charge in [-0.05, 0) is 94.0 Å². The van der Waals surface area contributed by atoms with Crippen LogP contribution in [0.1, 0.15) is 96.8 Å². The second-order valence-electron chi connectivity index (χ2n) is 9.87. The predicted octanol–water partition coefficient (Wildman–Crippen LogP) is 7.73. The molecule has 1 heterocycles.